The number of methoxy groups -OCH3 is 1. The van der Waals surface area contributed by atoms with E-state index in [1.54, 1.807) is 30.3 Å². The van der Waals surface area contributed by atoms with Crippen molar-refractivity contribution in [2.24, 2.45) is 0 Å². The summed E-state index contributed by atoms with van der Waals surface area (Å²) in [5, 5.41) is 10.3. The number of carbonyl (C=O) groups is 2. The molecule has 0 saturated carbocycles. The number of hydrogen-bond donors (Lipinski definition) is 2. The van der Waals surface area contributed by atoms with Crippen molar-refractivity contribution in [2.45, 2.75) is 30.0 Å². The highest BCUT2D eigenvalue weighted by Gasteiger charge is 2.30. The number of ether oxygens (including phenoxy) is 1. The monoisotopic (exact) mass is 478 g/mol. The summed E-state index contributed by atoms with van der Waals surface area (Å²) in [7, 11) is -2.85. The molecule has 2 aromatic heterocycles. The van der Waals surface area contributed by atoms with Crippen LogP contribution in [-0.2, 0) is 27.6 Å². The van der Waals surface area contributed by atoms with Crippen molar-refractivity contribution in [1.29, 1.82) is 0 Å². The number of carbonyl (C=O) groups excluding carboxylic acids is 2. The molecule has 1 amide bonds. The Labute approximate surface area is 186 Å². The number of aromatic nitrogens is 2. The Hall–Kier alpha value is -2.83. The maximum absolute atomic E-state index is 12.9. The standard InChI is InChI=1S/C19H18N4O5S3/c1-28-17(25)14-12-9-5-6-10-13(12)29-16(14)23-31(26,27)19-22-21-18(30-19)20-15(24)11-7-3-2-4-8-11/h2-4,7-8,23H,5-6,9-10H2,1H3,(H,20,21,24). The Bertz CT molecular complexity index is 1230. The second kappa shape index (κ2) is 8.73. The van der Waals surface area contributed by atoms with Crippen molar-refractivity contribution in [3.63, 3.8) is 0 Å². The second-order valence-corrected chi connectivity index (χ2v) is 10.6. The molecule has 0 fully saturated rings. The van der Waals surface area contributed by atoms with Crippen LogP contribution in [0.15, 0.2) is 34.7 Å². The maximum atomic E-state index is 12.9. The quantitative estimate of drug-likeness (QED) is 0.411. The van der Waals surface area contributed by atoms with E-state index in [-0.39, 0.29) is 20.0 Å². The van der Waals surface area contributed by atoms with E-state index in [0.717, 1.165) is 41.0 Å². The lowest BCUT2D eigenvalue weighted by molar-refractivity contribution is 0.0601. The van der Waals surface area contributed by atoms with Crippen molar-refractivity contribution in [2.75, 3.05) is 17.1 Å². The zero-order chi connectivity index (χ0) is 22.0. The Morgan fingerprint density at radius 2 is 1.81 bits per heavy atom. The molecule has 0 unspecified atom stereocenters. The van der Waals surface area contributed by atoms with Gasteiger partial charge in [-0.05, 0) is 43.4 Å². The molecule has 12 heteroatoms. The van der Waals surface area contributed by atoms with E-state index >= 15 is 0 Å². The van der Waals surface area contributed by atoms with Gasteiger partial charge in [-0.25, -0.2) is 4.79 Å². The Balaban J connectivity index is 1.57. The molecule has 4 rings (SSSR count). The summed E-state index contributed by atoms with van der Waals surface area (Å²) in [5.41, 5.74) is 1.51. The second-order valence-electron chi connectivity index (χ2n) is 6.71. The third-order valence-electron chi connectivity index (χ3n) is 4.68. The number of fused-ring (bicyclic) bond motifs is 1. The van der Waals surface area contributed by atoms with Crippen molar-refractivity contribution in [3.05, 3.63) is 51.9 Å². The molecule has 2 heterocycles. The Kier molecular flexibility index (Phi) is 6.03. The molecule has 3 aromatic rings. The maximum Gasteiger partial charge on any atom is 0.341 e. The van der Waals surface area contributed by atoms with Crippen molar-refractivity contribution in [3.8, 4) is 0 Å². The fraction of sp³-hybridized carbons (Fsp3) is 0.263. The predicted molar refractivity (Wildman–Crippen MR) is 117 cm³/mol. The van der Waals surface area contributed by atoms with Gasteiger partial charge in [-0.15, -0.1) is 21.5 Å². The molecule has 0 atom stereocenters. The lowest BCUT2D eigenvalue weighted by Gasteiger charge is -2.11. The average Bonchev–Trinajstić information content (AvgIpc) is 3.38. The van der Waals surface area contributed by atoms with Crippen LogP contribution in [0.4, 0.5) is 10.1 Å². The molecule has 0 aliphatic heterocycles. The first-order valence-electron chi connectivity index (χ1n) is 9.34. The van der Waals surface area contributed by atoms with Gasteiger partial charge in [0.1, 0.15) is 5.00 Å². The van der Waals surface area contributed by atoms with E-state index in [1.165, 1.54) is 18.4 Å². The van der Waals surface area contributed by atoms with Gasteiger partial charge in [0.15, 0.2) is 0 Å². The average molecular weight is 479 g/mol. The minimum atomic E-state index is -4.11. The van der Waals surface area contributed by atoms with E-state index in [1.807, 2.05) is 0 Å². The topological polar surface area (TPSA) is 127 Å². The van der Waals surface area contributed by atoms with Gasteiger partial charge >= 0.3 is 5.97 Å². The zero-order valence-electron chi connectivity index (χ0n) is 16.4. The van der Waals surface area contributed by atoms with Crippen LogP contribution in [0.3, 0.4) is 0 Å². The van der Waals surface area contributed by atoms with E-state index in [0.29, 0.717) is 12.0 Å². The van der Waals surface area contributed by atoms with Gasteiger partial charge in [0.05, 0.1) is 12.7 Å². The van der Waals surface area contributed by atoms with Crippen LogP contribution >= 0.6 is 22.7 Å². The first-order valence-corrected chi connectivity index (χ1v) is 12.5. The molecular weight excluding hydrogens is 460 g/mol. The highest BCUT2D eigenvalue weighted by atomic mass is 32.2. The Morgan fingerprint density at radius 3 is 2.55 bits per heavy atom. The lowest BCUT2D eigenvalue weighted by Crippen LogP contribution is -2.15. The van der Waals surface area contributed by atoms with Gasteiger partial charge in [0.25, 0.3) is 20.3 Å². The summed E-state index contributed by atoms with van der Waals surface area (Å²) in [6, 6.07) is 8.47. The number of amides is 1. The minimum absolute atomic E-state index is 0.0490. The third kappa shape index (κ3) is 4.45. The van der Waals surface area contributed by atoms with Gasteiger partial charge < -0.3 is 4.74 Å². The van der Waals surface area contributed by atoms with E-state index in [9.17, 15) is 18.0 Å². The number of thiophene rings is 1. The molecular formula is C19H18N4O5S3. The van der Waals surface area contributed by atoms with Crippen LogP contribution in [0.1, 0.15) is 44.0 Å². The normalized spacial score (nSPS) is 13.3. The highest BCUT2D eigenvalue weighted by molar-refractivity contribution is 7.94. The third-order valence-corrected chi connectivity index (χ3v) is 8.57. The van der Waals surface area contributed by atoms with Crippen LogP contribution in [0.25, 0.3) is 0 Å². The molecule has 162 valence electrons. The van der Waals surface area contributed by atoms with E-state index in [4.69, 9.17) is 4.74 Å². The summed E-state index contributed by atoms with van der Waals surface area (Å²) >= 11 is 1.96. The van der Waals surface area contributed by atoms with Crippen LogP contribution in [0.2, 0.25) is 0 Å². The van der Waals surface area contributed by atoms with Gasteiger partial charge in [-0.3, -0.25) is 14.8 Å². The zero-order valence-corrected chi connectivity index (χ0v) is 18.8. The number of aryl methyl sites for hydroxylation is 1. The first kappa shape index (κ1) is 21.4. The van der Waals surface area contributed by atoms with E-state index in [2.05, 4.69) is 20.2 Å². The molecule has 2 N–H and O–H groups in total. The smallest absolute Gasteiger partial charge is 0.341 e. The number of nitrogens with one attached hydrogen (secondary N) is 2. The van der Waals surface area contributed by atoms with E-state index < -0.39 is 21.9 Å². The van der Waals surface area contributed by atoms with Crippen molar-refractivity contribution in [1.82, 2.24) is 10.2 Å². The summed E-state index contributed by atoms with van der Waals surface area (Å²) in [5.74, 6) is -1.00. The number of benzene rings is 1. The van der Waals surface area contributed by atoms with Gasteiger partial charge in [0.2, 0.25) is 5.13 Å². The highest BCUT2D eigenvalue weighted by Crippen LogP contribution is 2.39. The number of hydrogen-bond acceptors (Lipinski definition) is 9. The molecule has 0 spiro atoms. The van der Waals surface area contributed by atoms with Gasteiger partial charge in [-0.1, -0.05) is 29.5 Å². The first-order chi connectivity index (χ1) is 14.9. The lowest BCUT2D eigenvalue weighted by atomic mass is 9.95. The fourth-order valence-electron chi connectivity index (χ4n) is 3.25. The number of esters is 1. The number of rotatable bonds is 6. The summed E-state index contributed by atoms with van der Waals surface area (Å²) < 4.78 is 32.8. The molecule has 9 nitrogen and oxygen atoms in total. The van der Waals surface area contributed by atoms with Gasteiger partial charge in [0, 0.05) is 10.4 Å². The summed E-state index contributed by atoms with van der Waals surface area (Å²) in [4.78, 5) is 25.6. The molecule has 1 aliphatic carbocycles. The Morgan fingerprint density at radius 1 is 1.06 bits per heavy atom. The van der Waals surface area contributed by atoms with Crippen molar-refractivity contribution < 1.29 is 22.7 Å². The fourth-order valence-corrected chi connectivity index (χ4v) is 6.73. The minimum Gasteiger partial charge on any atom is -0.465 e. The summed E-state index contributed by atoms with van der Waals surface area (Å²) in [6.45, 7) is 0. The van der Waals surface area contributed by atoms with Crippen LogP contribution in [-0.4, -0.2) is 37.6 Å². The number of sulfonamides is 1. The van der Waals surface area contributed by atoms with Crippen LogP contribution in [0.5, 0.6) is 0 Å². The van der Waals surface area contributed by atoms with Crippen LogP contribution < -0.4 is 10.0 Å². The number of nitrogens with zero attached hydrogens (tertiary/aromatic N) is 2. The molecule has 0 radical (unpaired) electrons. The summed E-state index contributed by atoms with van der Waals surface area (Å²) in [6.07, 6.45) is 3.41. The van der Waals surface area contributed by atoms with Crippen molar-refractivity contribution >= 4 is 54.7 Å². The predicted octanol–water partition coefficient (Wildman–Crippen LogP) is 3.32. The van der Waals surface area contributed by atoms with Crippen LogP contribution in [0, 0.1) is 0 Å². The molecule has 31 heavy (non-hydrogen) atoms. The number of anilines is 2. The molecule has 0 bridgehead atoms. The molecule has 1 aliphatic rings. The SMILES string of the molecule is COC(=O)c1c(NS(=O)(=O)c2nnc(NC(=O)c3ccccc3)s2)sc2c1CCCC2. The molecule has 1 aromatic carbocycles. The van der Waals surface area contributed by atoms with Gasteiger partial charge in [-0.2, -0.15) is 8.42 Å². The largest absolute Gasteiger partial charge is 0.465 e. The molecule has 0 saturated heterocycles.